The van der Waals surface area contributed by atoms with E-state index in [0.717, 1.165) is 11.1 Å². The van der Waals surface area contributed by atoms with Crippen LogP contribution in [0.1, 0.15) is 11.1 Å². The molecule has 5 nitrogen and oxygen atoms in total. The second-order valence-corrected chi connectivity index (χ2v) is 3.91. The van der Waals surface area contributed by atoms with Crippen molar-refractivity contribution in [2.75, 3.05) is 33.3 Å². The Hall–Kier alpha value is -1.91. The van der Waals surface area contributed by atoms with Gasteiger partial charge in [0.15, 0.2) is 0 Å². The third-order valence-corrected chi connectivity index (χ3v) is 3.01. The van der Waals surface area contributed by atoms with Gasteiger partial charge in [-0.2, -0.15) is 0 Å². The number of carbonyl (C=O) groups is 1. The number of hydrogen-bond donors (Lipinski definition) is 0. The molecular formula is C13H19NO4. The zero-order chi connectivity index (χ0) is 13.9. The van der Waals surface area contributed by atoms with Crippen LogP contribution in [0.5, 0.6) is 11.5 Å². The topological polar surface area (TPSA) is 48.0 Å². The number of amides is 1. The summed E-state index contributed by atoms with van der Waals surface area (Å²) in [5.74, 6) is 1.35. The van der Waals surface area contributed by atoms with Crippen molar-refractivity contribution in [2.24, 2.45) is 0 Å². The second-order valence-electron chi connectivity index (χ2n) is 3.91. The number of rotatable bonds is 3. The quantitative estimate of drug-likeness (QED) is 0.830. The molecule has 0 saturated carbocycles. The summed E-state index contributed by atoms with van der Waals surface area (Å²) in [6.45, 7) is 3.86. The highest BCUT2D eigenvalue weighted by atomic mass is 16.5. The maximum atomic E-state index is 11.6. The van der Waals surface area contributed by atoms with E-state index in [1.807, 2.05) is 13.8 Å². The maximum absolute atomic E-state index is 11.6. The fourth-order valence-electron chi connectivity index (χ4n) is 1.80. The predicted octanol–water partition coefficient (Wildman–Crippen LogP) is 2.52. The lowest BCUT2D eigenvalue weighted by molar-refractivity contribution is 0.180. The molecule has 0 saturated heterocycles. The minimum Gasteiger partial charge on any atom is -0.496 e. The summed E-state index contributed by atoms with van der Waals surface area (Å²) >= 11 is 0. The van der Waals surface area contributed by atoms with E-state index < -0.39 is 6.09 Å². The molecule has 0 aromatic heterocycles. The number of hydrogen-bond acceptors (Lipinski definition) is 4. The van der Waals surface area contributed by atoms with Gasteiger partial charge in [-0.1, -0.05) is 0 Å². The van der Waals surface area contributed by atoms with Crippen LogP contribution in [-0.4, -0.2) is 34.5 Å². The minimum atomic E-state index is -0.460. The van der Waals surface area contributed by atoms with Crippen LogP contribution in [0.4, 0.5) is 10.5 Å². The Morgan fingerprint density at radius 2 is 1.72 bits per heavy atom. The molecule has 1 aromatic carbocycles. The summed E-state index contributed by atoms with van der Waals surface area (Å²) in [5.41, 5.74) is 2.53. The molecule has 1 rings (SSSR count). The first-order valence-corrected chi connectivity index (χ1v) is 5.51. The third kappa shape index (κ3) is 2.34. The van der Waals surface area contributed by atoms with Gasteiger partial charge in [-0.15, -0.1) is 0 Å². The summed E-state index contributed by atoms with van der Waals surface area (Å²) in [5, 5.41) is 0. The molecule has 0 radical (unpaired) electrons. The number of anilines is 1. The molecule has 0 aliphatic carbocycles. The molecule has 0 aliphatic heterocycles. The second kappa shape index (κ2) is 5.62. The Balaban J connectivity index is 3.42. The molecular weight excluding hydrogens is 234 g/mol. The Bertz CT molecular complexity index is 457. The summed E-state index contributed by atoms with van der Waals surface area (Å²) < 4.78 is 15.4. The minimum absolute atomic E-state index is 0.460. The highest BCUT2D eigenvalue weighted by molar-refractivity contribution is 5.90. The van der Waals surface area contributed by atoms with Crippen LogP contribution in [0, 0.1) is 13.8 Å². The van der Waals surface area contributed by atoms with Crippen molar-refractivity contribution in [1.29, 1.82) is 0 Å². The third-order valence-electron chi connectivity index (χ3n) is 3.01. The van der Waals surface area contributed by atoms with Crippen LogP contribution in [0.15, 0.2) is 6.07 Å². The number of benzene rings is 1. The van der Waals surface area contributed by atoms with E-state index in [0.29, 0.717) is 17.2 Å². The summed E-state index contributed by atoms with van der Waals surface area (Å²) in [6, 6.07) is 1.76. The lowest BCUT2D eigenvalue weighted by Gasteiger charge is -2.22. The van der Waals surface area contributed by atoms with Gasteiger partial charge in [0.1, 0.15) is 11.5 Å². The van der Waals surface area contributed by atoms with E-state index in [4.69, 9.17) is 14.2 Å². The fourth-order valence-corrected chi connectivity index (χ4v) is 1.80. The van der Waals surface area contributed by atoms with Gasteiger partial charge >= 0.3 is 6.09 Å². The Kier molecular flexibility index (Phi) is 4.42. The van der Waals surface area contributed by atoms with Gasteiger partial charge in [-0.05, 0) is 25.0 Å². The number of nitrogens with zero attached hydrogens (tertiary/aromatic N) is 1. The SMILES string of the molecule is COC(=O)N(C)c1cc(OC)c(C)c(C)c1OC. The van der Waals surface area contributed by atoms with Crippen molar-refractivity contribution >= 4 is 11.8 Å². The van der Waals surface area contributed by atoms with E-state index in [1.54, 1.807) is 27.3 Å². The Morgan fingerprint density at radius 1 is 1.11 bits per heavy atom. The van der Waals surface area contributed by atoms with Crippen molar-refractivity contribution in [1.82, 2.24) is 0 Å². The lowest BCUT2D eigenvalue weighted by Crippen LogP contribution is -2.26. The molecule has 0 unspecified atom stereocenters. The average molecular weight is 253 g/mol. The molecule has 0 fully saturated rings. The molecule has 1 aromatic rings. The molecule has 0 heterocycles. The summed E-state index contributed by atoms with van der Waals surface area (Å²) in [7, 11) is 6.13. The number of ether oxygens (including phenoxy) is 3. The molecule has 0 atom stereocenters. The van der Waals surface area contributed by atoms with Crippen LogP contribution in [-0.2, 0) is 4.74 Å². The van der Waals surface area contributed by atoms with Gasteiger partial charge in [-0.3, -0.25) is 4.90 Å². The van der Waals surface area contributed by atoms with Crippen LogP contribution in [0.3, 0.4) is 0 Å². The molecule has 0 N–H and O–H groups in total. The van der Waals surface area contributed by atoms with Crippen molar-refractivity contribution in [3.63, 3.8) is 0 Å². The normalized spacial score (nSPS) is 9.89. The summed E-state index contributed by atoms with van der Waals surface area (Å²) in [6.07, 6.45) is -0.460. The molecule has 0 bridgehead atoms. The highest BCUT2D eigenvalue weighted by Crippen LogP contribution is 2.38. The van der Waals surface area contributed by atoms with Crippen LogP contribution < -0.4 is 14.4 Å². The van der Waals surface area contributed by atoms with Gasteiger partial charge in [0.25, 0.3) is 0 Å². The van der Waals surface area contributed by atoms with E-state index in [9.17, 15) is 4.79 Å². The van der Waals surface area contributed by atoms with Crippen molar-refractivity contribution in [2.45, 2.75) is 13.8 Å². The fraction of sp³-hybridized carbons (Fsp3) is 0.462. The van der Waals surface area contributed by atoms with Crippen molar-refractivity contribution in [3.05, 3.63) is 17.2 Å². The van der Waals surface area contributed by atoms with Crippen molar-refractivity contribution < 1.29 is 19.0 Å². The molecule has 100 valence electrons. The average Bonchev–Trinajstić information content (AvgIpc) is 2.39. The van der Waals surface area contributed by atoms with Gasteiger partial charge in [-0.25, -0.2) is 4.79 Å². The van der Waals surface area contributed by atoms with E-state index in [-0.39, 0.29) is 0 Å². The smallest absolute Gasteiger partial charge is 0.413 e. The lowest BCUT2D eigenvalue weighted by atomic mass is 10.1. The highest BCUT2D eigenvalue weighted by Gasteiger charge is 2.20. The first-order chi connectivity index (χ1) is 8.47. The monoisotopic (exact) mass is 253 g/mol. The Morgan fingerprint density at radius 3 is 2.17 bits per heavy atom. The largest absolute Gasteiger partial charge is 0.496 e. The predicted molar refractivity (Wildman–Crippen MR) is 69.8 cm³/mol. The standard InChI is InChI=1S/C13H19NO4/c1-8-9(2)12(17-5)10(7-11(8)16-4)14(3)13(15)18-6/h7H,1-6H3. The van der Waals surface area contributed by atoms with Gasteiger partial charge in [0.2, 0.25) is 0 Å². The Labute approximate surface area is 107 Å². The zero-order valence-corrected chi connectivity index (χ0v) is 11.7. The van der Waals surface area contributed by atoms with Crippen LogP contribution in [0.2, 0.25) is 0 Å². The first-order valence-electron chi connectivity index (χ1n) is 5.51. The van der Waals surface area contributed by atoms with Crippen LogP contribution in [0.25, 0.3) is 0 Å². The first kappa shape index (κ1) is 14.2. The van der Waals surface area contributed by atoms with E-state index in [1.165, 1.54) is 12.0 Å². The molecule has 1 amide bonds. The van der Waals surface area contributed by atoms with Gasteiger partial charge in [0, 0.05) is 13.1 Å². The molecule has 0 spiro atoms. The summed E-state index contributed by atoms with van der Waals surface area (Å²) in [4.78, 5) is 13.0. The molecule has 0 aliphatic rings. The van der Waals surface area contributed by atoms with E-state index >= 15 is 0 Å². The maximum Gasteiger partial charge on any atom is 0.413 e. The number of methoxy groups -OCH3 is 3. The number of carbonyl (C=O) groups excluding carboxylic acids is 1. The van der Waals surface area contributed by atoms with Gasteiger partial charge < -0.3 is 14.2 Å². The van der Waals surface area contributed by atoms with Crippen molar-refractivity contribution in [3.8, 4) is 11.5 Å². The van der Waals surface area contributed by atoms with Gasteiger partial charge in [0.05, 0.1) is 27.0 Å². The molecule has 5 heteroatoms. The molecule has 18 heavy (non-hydrogen) atoms. The van der Waals surface area contributed by atoms with Crippen LogP contribution >= 0.6 is 0 Å². The van der Waals surface area contributed by atoms with E-state index in [2.05, 4.69) is 0 Å². The zero-order valence-electron chi connectivity index (χ0n) is 11.7.